The van der Waals surface area contributed by atoms with Crippen LogP contribution in [-0.2, 0) is 16.1 Å². The smallest absolute Gasteiger partial charge is 0.325 e. The van der Waals surface area contributed by atoms with Crippen LogP contribution in [0.5, 0.6) is 0 Å². The summed E-state index contributed by atoms with van der Waals surface area (Å²) in [5.41, 5.74) is -0.463. The molecule has 0 N–H and O–H groups in total. The monoisotopic (exact) mass is 251 g/mol. The Morgan fingerprint density at radius 1 is 1.35 bits per heavy atom. The Balaban J connectivity index is 2.68. The van der Waals surface area contributed by atoms with E-state index in [9.17, 15) is 14.4 Å². The van der Waals surface area contributed by atoms with E-state index in [-0.39, 0.29) is 6.54 Å². The van der Waals surface area contributed by atoms with Gasteiger partial charge in [0.1, 0.15) is 6.54 Å². The van der Waals surface area contributed by atoms with Crippen LogP contribution in [-0.4, -0.2) is 17.6 Å². The highest BCUT2D eigenvalue weighted by molar-refractivity contribution is 7.16. The van der Waals surface area contributed by atoms with Gasteiger partial charge in [-0.25, -0.2) is 0 Å². The third kappa shape index (κ3) is 2.12. The minimum Gasteiger partial charge on any atom is -0.468 e. The van der Waals surface area contributed by atoms with Gasteiger partial charge in [0.25, 0.3) is 5.56 Å². The maximum atomic E-state index is 12.0. The molecule has 1 aromatic carbocycles. The van der Waals surface area contributed by atoms with Crippen molar-refractivity contribution in [3.05, 3.63) is 44.3 Å². The second-order valence-corrected chi connectivity index (χ2v) is 4.32. The van der Waals surface area contributed by atoms with Crippen molar-refractivity contribution in [1.82, 2.24) is 4.57 Å². The first-order chi connectivity index (χ1) is 8.13. The number of fused-ring (bicyclic) bond motifs is 1. The summed E-state index contributed by atoms with van der Waals surface area (Å²) < 4.78 is 5.95. The fourth-order valence-electron chi connectivity index (χ4n) is 1.44. The Bertz CT molecular complexity index is 686. The highest BCUT2D eigenvalue weighted by Gasteiger charge is 2.11. The topological polar surface area (TPSA) is 65.4 Å². The molecule has 0 unspecified atom stereocenters. The Morgan fingerprint density at radius 3 is 2.76 bits per heavy atom. The van der Waals surface area contributed by atoms with E-state index in [4.69, 9.17) is 0 Å². The zero-order valence-corrected chi connectivity index (χ0v) is 9.82. The van der Waals surface area contributed by atoms with Crippen molar-refractivity contribution in [3.8, 4) is 0 Å². The Morgan fingerprint density at radius 2 is 2.06 bits per heavy atom. The van der Waals surface area contributed by atoms with Crippen LogP contribution in [0.3, 0.4) is 0 Å². The second-order valence-electron chi connectivity index (χ2n) is 3.33. The van der Waals surface area contributed by atoms with E-state index in [0.717, 1.165) is 15.9 Å². The number of hydrogen-bond donors (Lipinski definition) is 0. The molecule has 0 spiro atoms. The molecule has 0 saturated heterocycles. The predicted molar refractivity (Wildman–Crippen MR) is 64.4 cm³/mol. The van der Waals surface area contributed by atoms with Crippen LogP contribution in [0.25, 0.3) is 10.1 Å². The van der Waals surface area contributed by atoms with Crippen LogP contribution in [0.2, 0.25) is 0 Å². The largest absolute Gasteiger partial charge is 0.468 e. The summed E-state index contributed by atoms with van der Waals surface area (Å²) in [6.45, 7) is -0.352. The number of nitrogens with zero attached hydrogens (tertiary/aromatic N) is 1. The van der Waals surface area contributed by atoms with Crippen molar-refractivity contribution in [2.75, 3.05) is 7.11 Å². The molecular weight excluding hydrogens is 242 g/mol. The minimum atomic E-state index is -0.619. The number of benzene rings is 1. The van der Waals surface area contributed by atoms with Crippen LogP contribution in [0.1, 0.15) is 0 Å². The van der Waals surface area contributed by atoms with E-state index >= 15 is 0 Å². The highest BCUT2D eigenvalue weighted by Crippen LogP contribution is 2.10. The van der Waals surface area contributed by atoms with Crippen molar-refractivity contribution in [1.29, 1.82) is 0 Å². The lowest BCUT2D eigenvalue weighted by molar-refractivity contribution is -0.141. The summed E-state index contributed by atoms with van der Waals surface area (Å²) in [5.74, 6) is -0.619. The predicted octanol–water partition coefficient (Wildman–Crippen LogP) is 0.596. The number of esters is 1. The van der Waals surface area contributed by atoms with Crippen LogP contribution in [0, 0.1) is 0 Å². The Labute approximate surface area is 99.9 Å². The first-order valence-electron chi connectivity index (χ1n) is 4.83. The Hall–Kier alpha value is -1.95. The van der Waals surface area contributed by atoms with E-state index in [2.05, 4.69) is 4.74 Å². The fraction of sp³-hybridized carbons (Fsp3) is 0.182. The van der Waals surface area contributed by atoms with Crippen molar-refractivity contribution < 1.29 is 9.53 Å². The number of rotatable bonds is 2. The molecule has 0 aliphatic heterocycles. The molecule has 17 heavy (non-hydrogen) atoms. The van der Waals surface area contributed by atoms with Gasteiger partial charge in [0.05, 0.1) is 12.5 Å². The molecule has 0 atom stereocenters. The van der Waals surface area contributed by atoms with E-state index < -0.39 is 16.4 Å². The van der Waals surface area contributed by atoms with Gasteiger partial charge in [-0.3, -0.25) is 19.0 Å². The average molecular weight is 251 g/mol. The molecule has 0 fully saturated rings. The molecule has 1 aromatic heterocycles. The van der Waals surface area contributed by atoms with E-state index in [1.54, 1.807) is 24.3 Å². The first-order valence-corrected chi connectivity index (χ1v) is 5.64. The van der Waals surface area contributed by atoms with Gasteiger partial charge in [-0.15, -0.1) is 0 Å². The lowest BCUT2D eigenvalue weighted by Gasteiger charge is -2.03. The summed E-state index contributed by atoms with van der Waals surface area (Å²) >= 11 is 0.935. The number of aromatic nitrogens is 1. The number of methoxy groups -OCH3 is 1. The van der Waals surface area contributed by atoms with Gasteiger partial charge >= 0.3 is 10.8 Å². The fourth-order valence-corrected chi connectivity index (χ4v) is 2.30. The lowest BCUT2D eigenvalue weighted by Crippen LogP contribution is -2.34. The van der Waals surface area contributed by atoms with Gasteiger partial charge in [-0.05, 0) is 12.1 Å². The maximum Gasteiger partial charge on any atom is 0.325 e. The molecule has 0 aliphatic rings. The van der Waals surface area contributed by atoms with Gasteiger partial charge in [-0.2, -0.15) is 0 Å². The molecule has 2 rings (SSSR count). The molecule has 0 bridgehead atoms. The summed E-state index contributed by atoms with van der Waals surface area (Å²) in [7, 11) is 1.21. The third-order valence-electron chi connectivity index (χ3n) is 2.30. The van der Waals surface area contributed by atoms with Crippen LogP contribution < -0.4 is 10.4 Å². The van der Waals surface area contributed by atoms with Crippen molar-refractivity contribution >= 4 is 27.4 Å². The van der Waals surface area contributed by atoms with E-state index in [0.29, 0.717) is 10.1 Å². The van der Waals surface area contributed by atoms with Crippen LogP contribution in [0.4, 0.5) is 0 Å². The summed E-state index contributed by atoms with van der Waals surface area (Å²) in [6, 6.07) is 6.79. The molecule has 0 amide bonds. The number of carbonyl (C=O) groups excluding carboxylic acids is 1. The molecule has 0 aliphatic carbocycles. The standard InChI is InChI=1S/C11H9NO4S/c1-16-9(13)6-12-10(14)7-4-2-3-5-8(7)17-11(12)15/h2-5H,6H2,1H3. The summed E-state index contributed by atoms with van der Waals surface area (Å²) in [6.07, 6.45) is 0. The van der Waals surface area contributed by atoms with Crippen molar-refractivity contribution in [2.24, 2.45) is 0 Å². The minimum absolute atomic E-state index is 0.352. The number of ether oxygens (including phenoxy) is 1. The molecule has 2 aromatic rings. The van der Waals surface area contributed by atoms with Gasteiger partial charge in [-0.1, -0.05) is 23.5 Å². The van der Waals surface area contributed by atoms with Gasteiger partial charge in [0.15, 0.2) is 0 Å². The highest BCUT2D eigenvalue weighted by atomic mass is 32.1. The summed E-state index contributed by atoms with van der Waals surface area (Å²) in [4.78, 5) is 34.3. The molecule has 5 nitrogen and oxygen atoms in total. The van der Waals surface area contributed by atoms with Crippen LogP contribution in [0.15, 0.2) is 33.9 Å². The third-order valence-corrected chi connectivity index (χ3v) is 3.27. The number of hydrogen-bond acceptors (Lipinski definition) is 5. The lowest BCUT2D eigenvalue weighted by atomic mass is 10.3. The summed E-state index contributed by atoms with van der Waals surface area (Å²) in [5, 5.41) is 0.431. The SMILES string of the molecule is COC(=O)Cn1c(=O)sc2ccccc2c1=O. The molecular formula is C11H9NO4S. The second kappa shape index (κ2) is 4.50. The van der Waals surface area contributed by atoms with Crippen molar-refractivity contribution in [3.63, 3.8) is 0 Å². The normalized spacial score (nSPS) is 10.4. The van der Waals surface area contributed by atoms with E-state index in [1.165, 1.54) is 7.11 Å². The average Bonchev–Trinajstić information content (AvgIpc) is 2.34. The van der Waals surface area contributed by atoms with Gasteiger partial charge in [0.2, 0.25) is 0 Å². The zero-order chi connectivity index (χ0) is 12.4. The molecule has 0 saturated carbocycles. The van der Waals surface area contributed by atoms with E-state index in [1.807, 2.05) is 0 Å². The zero-order valence-electron chi connectivity index (χ0n) is 9.00. The number of carbonyl (C=O) groups is 1. The van der Waals surface area contributed by atoms with Crippen molar-refractivity contribution in [2.45, 2.75) is 6.54 Å². The first kappa shape index (κ1) is 11.5. The quantitative estimate of drug-likeness (QED) is 0.733. The van der Waals surface area contributed by atoms with Crippen LogP contribution >= 0.6 is 11.3 Å². The Kier molecular flexibility index (Phi) is 3.06. The van der Waals surface area contributed by atoms with Gasteiger partial charge in [0, 0.05) is 4.70 Å². The maximum absolute atomic E-state index is 12.0. The molecule has 1 heterocycles. The molecule has 0 radical (unpaired) electrons. The molecule has 6 heteroatoms. The molecule has 88 valence electrons. The van der Waals surface area contributed by atoms with Gasteiger partial charge < -0.3 is 4.74 Å².